The van der Waals surface area contributed by atoms with Crippen LogP contribution in [0.2, 0.25) is 0 Å². The highest BCUT2D eigenvalue weighted by Gasteiger charge is 2.25. The largest absolute Gasteiger partial charge is 0.495 e. The van der Waals surface area contributed by atoms with E-state index in [1.807, 2.05) is 25.1 Å². The number of methoxy groups -OCH3 is 1. The highest BCUT2D eigenvalue weighted by molar-refractivity contribution is 7.90. The molecule has 2 N–H and O–H groups in total. The van der Waals surface area contributed by atoms with Gasteiger partial charge in [0.15, 0.2) is 5.96 Å². The summed E-state index contributed by atoms with van der Waals surface area (Å²) in [6.45, 7) is 4.76. The van der Waals surface area contributed by atoms with Gasteiger partial charge in [-0.3, -0.25) is 4.99 Å². The highest BCUT2D eigenvalue weighted by Crippen LogP contribution is 2.30. The minimum absolute atomic E-state index is 0.0571. The van der Waals surface area contributed by atoms with Gasteiger partial charge in [0.05, 0.1) is 25.1 Å². The molecule has 7 nitrogen and oxygen atoms in total. The molecule has 1 atom stereocenters. The zero-order chi connectivity index (χ0) is 18.3. The number of ether oxygens (including phenoxy) is 1. The smallest absolute Gasteiger partial charge is 0.191 e. The number of nitrogens with one attached hydrogen (secondary N) is 2. The Morgan fingerprint density at radius 3 is 2.84 bits per heavy atom. The summed E-state index contributed by atoms with van der Waals surface area (Å²) in [7, 11) is -1.32. The Labute approximate surface area is 150 Å². The van der Waals surface area contributed by atoms with Crippen molar-refractivity contribution in [2.45, 2.75) is 19.4 Å². The number of guanidine groups is 1. The molecule has 0 aromatic heterocycles. The summed E-state index contributed by atoms with van der Waals surface area (Å²) in [5, 5.41) is 6.58. The van der Waals surface area contributed by atoms with Crippen molar-refractivity contribution in [2.24, 2.45) is 4.99 Å². The third-order valence-corrected chi connectivity index (χ3v) is 4.96. The van der Waals surface area contributed by atoms with Crippen LogP contribution in [-0.4, -0.2) is 65.7 Å². The lowest BCUT2D eigenvalue weighted by atomic mass is 10.2. The van der Waals surface area contributed by atoms with E-state index >= 15 is 0 Å². The summed E-state index contributed by atoms with van der Waals surface area (Å²) in [4.78, 5) is 6.65. The molecular formula is C17H28N4O3S. The number of nitrogens with zero attached hydrogens (tertiary/aromatic N) is 2. The second-order valence-corrected chi connectivity index (χ2v) is 8.40. The van der Waals surface area contributed by atoms with Gasteiger partial charge in [-0.1, -0.05) is 12.1 Å². The van der Waals surface area contributed by atoms with E-state index < -0.39 is 9.84 Å². The Kier molecular flexibility index (Phi) is 6.92. The molecular weight excluding hydrogens is 340 g/mol. The molecule has 1 aromatic rings. The van der Waals surface area contributed by atoms with Gasteiger partial charge < -0.3 is 20.3 Å². The average Bonchev–Trinajstić information content (AvgIpc) is 3.02. The molecule has 1 saturated heterocycles. The molecule has 25 heavy (non-hydrogen) atoms. The molecule has 1 fully saturated rings. The topological polar surface area (TPSA) is 83.0 Å². The van der Waals surface area contributed by atoms with Crippen LogP contribution in [0, 0.1) is 0 Å². The molecule has 8 heteroatoms. The molecule has 1 aromatic carbocycles. The Hall–Kier alpha value is -1.96. The number of rotatable bonds is 7. The Balaban J connectivity index is 1.96. The van der Waals surface area contributed by atoms with Gasteiger partial charge in [-0.05, 0) is 25.5 Å². The lowest BCUT2D eigenvalue weighted by Crippen LogP contribution is -2.44. The molecule has 0 saturated carbocycles. The monoisotopic (exact) mass is 368 g/mol. The van der Waals surface area contributed by atoms with E-state index in [1.54, 1.807) is 7.11 Å². The Morgan fingerprint density at radius 2 is 2.16 bits per heavy atom. The quantitative estimate of drug-likeness (QED) is 0.549. The van der Waals surface area contributed by atoms with Crippen LogP contribution in [0.15, 0.2) is 29.3 Å². The first-order valence-corrected chi connectivity index (χ1v) is 10.6. The van der Waals surface area contributed by atoms with Crippen molar-refractivity contribution in [1.82, 2.24) is 10.6 Å². The number of para-hydroxylation sites is 2. The minimum atomic E-state index is -3.00. The van der Waals surface area contributed by atoms with E-state index in [4.69, 9.17) is 4.74 Å². The van der Waals surface area contributed by atoms with E-state index in [1.165, 1.54) is 6.26 Å². The maximum atomic E-state index is 11.2. The van der Waals surface area contributed by atoms with Crippen molar-refractivity contribution in [3.63, 3.8) is 0 Å². The molecule has 1 heterocycles. The summed E-state index contributed by atoms with van der Waals surface area (Å²) in [5.41, 5.74) is 1.09. The summed E-state index contributed by atoms with van der Waals surface area (Å²) in [6, 6.07) is 8.25. The Bertz CT molecular complexity index is 691. The third kappa shape index (κ3) is 6.12. The van der Waals surface area contributed by atoms with E-state index in [0.29, 0.717) is 5.96 Å². The van der Waals surface area contributed by atoms with Crippen LogP contribution in [0.25, 0.3) is 0 Å². The predicted octanol–water partition coefficient (Wildman–Crippen LogP) is 0.874. The van der Waals surface area contributed by atoms with Crippen molar-refractivity contribution in [3.8, 4) is 5.75 Å². The van der Waals surface area contributed by atoms with Gasteiger partial charge in [-0.15, -0.1) is 0 Å². The maximum Gasteiger partial charge on any atom is 0.191 e. The second kappa shape index (κ2) is 8.94. The van der Waals surface area contributed by atoms with Crippen molar-refractivity contribution in [3.05, 3.63) is 24.3 Å². The summed E-state index contributed by atoms with van der Waals surface area (Å²) < 4.78 is 27.9. The van der Waals surface area contributed by atoms with E-state index in [9.17, 15) is 8.42 Å². The fraction of sp³-hybridized carbons (Fsp3) is 0.588. The Morgan fingerprint density at radius 1 is 1.40 bits per heavy atom. The maximum absolute atomic E-state index is 11.2. The molecule has 140 valence electrons. The van der Waals surface area contributed by atoms with Crippen molar-refractivity contribution in [2.75, 3.05) is 50.2 Å². The molecule has 0 radical (unpaired) electrons. The first-order valence-electron chi connectivity index (χ1n) is 8.53. The van der Waals surface area contributed by atoms with E-state index in [-0.39, 0.29) is 18.3 Å². The van der Waals surface area contributed by atoms with Crippen molar-refractivity contribution >= 4 is 21.5 Å². The van der Waals surface area contributed by atoms with Crippen molar-refractivity contribution in [1.29, 1.82) is 0 Å². The number of anilines is 1. The predicted molar refractivity (Wildman–Crippen MR) is 102 cm³/mol. The number of hydrogen-bond donors (Lipinski definition) is 2. The number of hydrogen-bond acceptors (Lipinski definition) is 5. The average molecular weight is 369 g/mol. The van der Waals surface area contributed by atoms with Gasteiger partial charge in [0, 0.05) is 31.9 Å². The fourth-order valence-electron chi connectivity index (χ4n) is 2.82. The van der Waals surface area contributed by atoms with Crippen LogP contribution >= 0.6 is 0 Å². The lowest BCUT2D eigenvalue weighted by Gasteiger charge is -2.22. The number of aliphatic imine (C=N–C) groups is 1. The van der Waals surface area contributed by atoms with Crippen molar-refractivity contribution < 1.29 is 13.2 Å². The first kappa shape index (κ1) is 19.4. The van der Waals surface area contributed by atoms with Crippen LogP contribution in [-0.2, 0) is 9.84 Å². The molecule has 1 aliphatic heterocycles. The van der Waals surface area contributed by atoms with Crippen LogP contribution < -0.4 is 20.3 Å². The summed E-state index contributed by atoms with van der Waals surface area (Å²) in [5.74, 6) is 1.59. The molecule has 1 unspecified atom stereocenters. The summed E-state index contributed by atoms with van der Waals surface area (Å²) in [6.07, 6.45) is 2.21. The third-order valence-electron chi connectivity index (χ3n) is 4.03. The van der Waals surface area contributed by atoms with Crippen LogP contribution in [0.4, 0.5) is 5.69 Å². The van der Waals surface area contributed by atoms with Crippen LogP contribution in [0.1, 0.15) is 13.3 Å². The molecule has 0 aliphatic carbocycles. The SMILES string of the molecule is CCNC(=NCCS(C)(=O)=O)NC1CCN(c2ccccc2OC)C1. The van der Waals surface area contributed by atoms with Gasteiger partial charge in [0.25, 0.3) is 0 Å². The fourth-order valence-corrected chi connectivity index (χ4v) is 3.25. The van der Waals surface area contributed by atoms with Gasteiger partial charge >= 0.3 is 0 Å². The van der Waals surface area contributed by atoms with E-state index in [0.717, 1.165) is 37.5 Å². The van der Waals surface area contributed by atoms with Crippen LogP contribution in [0.3, 0.4) is 0 Å². The van der Waals surface area contributed by atoms with Gasteiger partial charge in [0.2, 0.25) is 0 Å². The van der Waals surface area contributed by atoms with Gasteiger partial charge in [-0.2, -0.15) is 0 Å². The molecule has 0 bridgehead atoms. The van der Waals surface area contributed by atoms with Gasteiger partial charge in [0.1, 0.15) is 15.6 Å². The molecule has 2 rings (SSSR count). The standard InChI is InChI=1S/C17H28N4O3S/c1-4-18-17(19-10-12-25(3,22)23)20-14-9-11-21(13-14)15-7-5-6-8-16(15)24-2/h5-8,14H,4,9-13H2,1-3H3,(H2,18,19,20). The second-order valence-electron chi connectivity index (χ2n) is 6.14. The first-order chi connectivity index (χ1) is 11.9. The molecule has 1 aliphatic rings. The molecule has 0 amide bonds. The summed E-state index contributed by atoms with van der Waals surface area (Å²) >= 11 is 0. The lowest BCUT2D eigenvalue weighted by molar-refractivity contribution is 0.415. The number of benzene rings is 1. The number of sulfone groups is 1. The van der Waals surface area contributed by atoms with Crippen LogP contribution in [0.5, 0.6) is 5.75 Å². The minimum Gasteiger partial charge on any atom is -0.495 e. The normalized spacial score (nSPS) is 18.3. The zero-order valence-corrected chi connectivity index (χ0v) is 16.0. The highest BCUT2D eigenvalue weighted by atomic mass is 32.2. The van der Waals surface area contributed by atoms with Gasteiger partial charge in [-0.25, -0.2) is 8.42 Å². The van der Waals surface area contributed by atoms with E-state index in [2.05, 4.69) is 26.6 Å². The zero-order valence-electron chi connectivity index (χ0n) is 15.2. The molecule has 0 spiro atoms.